The van der Waals surface area contributed by atoms with Crippen LogP contribution in [0.5, 0.6) is 0 Å². The molecule has 8 heteroatoms. The molecule has 4 rings (SSSR count). The van der Waals surface area contributed by atoms with E-state index in [0.717, 1.165) is 38.5 Å². The first-order valence-electron chi connectivity index (χ1n) is 11.7. The number of ether oxygens (including phenoxy) is 1. The number of carbonyl (C=O) groups excluding carboxylic acids is 3. The number of carbonyl (C=O) groups is 3. The lowest BCUT2D eigenvalue weighted by Crippen LogP contribution is -2.49. The first-order valence-corrected chi connectivity index (χ1v) is 11.7. The number of rotatable bonds is 7. The van der Waals surface area contributed by atoms with Crippen molar-refractivity contribution < 1.29 is 23.5 Å². The summed E-state index contributed by atoms with van der Waals surface area (Å²) in [5, 5.41) is 6.01. The first-order chi connectivity index (χ1) is 15.5. The van der Waals surface area contributed by atoms with Gasteiger partial charge in [0.15, 0.2) is 0 Å². The smallest absolute Gasteiger partial charge is 0.291 e. The molecule has 1 saturated heterocycles. The molecule has 1 aliphatic carbocycles. The monoisotopic (exact) mass is 445 g/mol. The number of nitrogens with one attached hydrogen (secondary N) is 2. The quantitative estimate of drug-likeness (QED) is 0.630. The van der Waals surface area contributed by atoms with Crippen molar-refractivity contribution in [3.63, 3.8) is 0 Å². The Morgan fingerprint density at radius 1 is 1.09 bits per heavy atom. The van der Waals surface area contributed by atoms with Crippen molar-refractivity contribution in [2.45, 2.75) is 56.9 Å². The van der Waals surface area contributed by atoms with Crippen LogP contribution in [0.3, 0.4) is 0 Å². The molecule has 3 aliphatic rings. The van der Waals surface area contributed by atoms with Gasteiger partial charge in [0.2, 0.25) is 11.7 Å². The Morgan fingerprint density at radius 2 is 1.84 bits per heavy atom. The van der Waals surface area contributed by atoms with Crippen LogP contribution in [-0.4, -0.2) is 61.4 Å². The summed E-state index contributed by atoms with van der Waals surface area (Å²) < 4.78 is 18.9. The fraction of sp³-hybridized carbons (Fsp3) is 0.625. The molecule has 1 atom stereocenters. The molecule has 0 aromatic heterocycles. The maximum atomic E-state index is 13.5. The van der Waals surface area contributed by atoms with Gasteiger partial charge in [-0.2, -0.15) is 0 Å². The topological polar surface area (TPSA) is 87.7 Å². The van der Waals surface area contributed by atoms with E-state index < -0.39 is 17.6 Å². The molecule has 2 N–H and O–H groups in total. The lowest BCUT2D eigenvalue weighted by Gasteiger charge is -2.30. The molecule has 2 fully saturated rings. The van der Waals surface area contributed by atoms with Gasteiger partial charge < -0.3 is 20.3 Å². The summed E-state index contributed by atoms with van der Waals surface area (Å²) in [4.78, 5) is 40.6. The maximum absolute atomic E-state index is 13.5. The molecule has 1 unspecified atom stereocenters. The van der Waals surface area contributed by atoms with Crippen molar-refractivity contribution in [1.82, 2.24) is 10.2 Å². The van der Waals surface area contributed by atoms with Gasteiger partial charge in [0.05, 0.1) is 12.5 Å². The van der Waals surface area contributed by atoms with Gasteiger partial charge in [0.25, 0.3) is 5.91 Å². The third-order valence-electron chi connectivity index (χ3n) is 6.83. The number of nitrogens with zero attached hydrogens (tertiary/aromatic N) is 1. The largest absolute Gasteiger partial charge is 0.384 e. The Labute approximate surface area is 188 Å². The molecule has 2 heterocycles. The highest BCUT2D eigenvalue weighted by Crippen LogP contribution is 2.33. The average molecular weight is 446 g/mol. The van der Waals surface area contributed by atoms with Gasteiger partial charge in [-0.15, -0.1) is 0 Å². The van der Waals surface area contributed by atoms with E-state index in [4.69, 9.17) is 4.74 Å². The van der Waals surface area contributed by atoms with E-state index in [0.29, 0.717) is 36.9 Å². The fourth-order valence-corrected chi connectivity index (χ4v) is 5.04. The Hall–Kier alpha value is -2.48. The van der Waals surface area contributed by atoms with E-state index in [-0.39, 0.29) is 30.9 Å². The van der Waals surface area contributed by atoms with Crippen molar-refractivity contribution >= 4 is 23.3 Å². The third kappa shape index (κ3) is 5.46. The zero-order valence-electron chi connectivity index (χ0n) is 18.4. The van der Waals surface area contributed by atoms with Gasteiger partial charge >= 0.3 is 0 Å². The average Bonchev–Trinajstić information content (AvgIpc) is 3.22. The van der Waals surface area contributed by atoms with Crippen molar-refractivity contribution in [2.75, 3.05) is 38.2 Å². The predicted octanol–water partition coefficient (Wildman–Crippen LogP) is 2.61. The summed E-state index contributed by atoms with van der Waals surface area (Å²) in [6.07, 6.45) is 6.93. The van der Waals surface area contributed by atoms with Gasteiger partial charge in [-0.25, -0.2) is 4.39 Å². The molecule has 0 radical (unpaired) electrons. The molecule has 1 saturated carbocycles. The second-order valence-corrected chi connectivity index (χ2v) is 9.17. The minimum atomic E-state index is -0.662. The SMILES string of the molecule is O=C(CN(CC1CCCCC1)C(=O)C(=O)C1CNc2cc(F)ccc21)NC1CCOCC1. The second kappa shape index (κ2) is 10.4. The minimum Gasteiger partial charge on any atom is -0.384 e. The van der Waals surface area contributed by atoms with Crippen molar-refractivity contribution in [3.05, 3.63) is 29.6 Å². The normalized spacial score (nSPS) is 21.5. The Morgan fingerprint density at radius 3 is 2.59 bits per heavy atom. The van der Waals surface area contributed by atoms with Crippen LogP contribution in [0.4, 0.5) is 10.1 Å². The highest BCUT2D eigenvalue weighted by molar-refractivity contribution is 6.38. The standard InChI is InChI=1S/C24H32FN3O4/c25-17-6-7-19-20(13-26-21(19)12-17)23(30)24(31)28(14-16-4-2-1-3-5-16)15-22(29)27-18-8-10-32-11-9-18/h6-7,12,16,18,20,26H,1-5,8-11,13-15H2,(H,27,29). The van der Waals surface area contributed by atoms with Crippen LogP contribution in [-0.2, 0) is 19.1 Å². The van der Waals surface area contributed by atoms with Crippen LogP contribution < -0.4 is 10.6 Å². The Bertz CT molecular complexity index is 850. The van der Waals surface area contributed by atoms with Crippen molar-refractivity contribution in [3.8, 4) is 0 Å². The molecule has 174 valence electrons. The lowest BCUT2D eigenvalue weighted by molar-refractivity contribution is -0.147. The van der Waals surface area contributed by atoms with Crippen LogP contribution in [0.25, 0.3) is 0 Å². The van der Waals surface area contributed by atoms with E-state index in [2.05, 4.69) is 10.6 Å². The summed E-state index contributed by atoms with van der Waals surface area (Å²) in [6, 6.07) is 4.25. The van der Waals surface area contributed by atoms with Gasteiger partial charge in [-0.1, -0.05) is 25.3 Å². The van der Waals surface area contributed by atoms with Gasteiger partial charge in [0, 0.05) is 38.0 Å². The van der Waals surface area contributed by atoms with Crippen LogP contribution >= 0.6 is 0 Å². The number of ketones is 1. The van der Waals surface area contributed by atoms with Crippen molar-refractivity contribution in [2.24, 2.45) is 5.92 Å². The van der Waals surface area contributed by atoms with Crippen LogP contribution in [0, 0.1) is 11.7 Å². The number of halogens is 1. The molecule has 1 aromatic rings. The highest BCUT2D eigenvalue weighted by atomic mass is 19.1. The molecular weight excluding hydrogens is 413 g/mol. The number of benzene rings is 1. The molecule has 2 aliphatic heterocycles. The van der Waals surface area contributed by atoms with Crippen LogP contribution in [0.15, 0.2) is 18.2 Å². The van der Waals surface area contributed by atoms with Gasteiger partial charge in [-0.3, -0.25) is 14.4 Å². The molecule has 0 spiro atoms. The zero-order valence-corrected chi connectivity index (χ0v) is 18.4. The van der Waals surface area contributed by atoms with Crippen LogP contribution in [0.1, 0.15) is 56.4 Å². The van der Waals surface area contributed by atoms with E-state index in [1.165, 1.54) is 23.5 Å². The number of anilines is 1. The summed E-state index contributed by atoms with van der Waals surface area (Å²) in [6.45, 7) is 1.79. The van der Waals surface area contributed by atoms with Crippen molar-refractivity contribution in [1.29, 1.82) is 0 Å². The third-order valence-corrected chi connectivity index (χ3v) is 6.83. The zero-order chi connectivity index (χ0) is 22.5. The summed E-state index contributed by atoms with van der Waals surface area (Å²) in [5.74, 6) is -2.15. The maximum Gasteiger partial charge on any atom is 0.291 e. The molecule has 7 nitrogen and oxygen atoms in total. The first kappa shape index (κ1) is 22.7. The summed E-state index contributed by atoms with van der Waals surface area (Å²) in [7, 11) is 0. The predicted molar refractivity (Wildman–Crippen MR) is 118 cm³/mol. The molecule has 32 heavy (non-hydrogen) atoms. The number of hydrogen-bond acceptors (Lipinski definition) is 5. The van der Waals surface area contributed by atoms with Gasteiger partial charge in [0.1, 0.15) is 5.82 Å². The summed E-state index contributed by atoms with van der Waals surface area (Å²) >= 11 is 0. The lowest BCUT2D eigenvalue weighted by atomic mass is 9.88. The number of fused-ring (bicyclic) bond motifs is 1. The fourth-order valence-electron chi connectivity index (χ4n) is 5.04. The number of Topliss-reactive ketones (excluding diaryl/α,β-unsaturated/α-hetero) is 1. The number of amides is 2. The number of hydrogen-bond donors (Lipinski definition) is 2. The summed E-state index contributed by atoms with van der Waals surface area (Å²) in [5.41, 5.74) is 1.18. The molecule has 2 amide bonds. The Kier molecular flexibility index (Phi) is 7.40. The second-order valence-electron chi connectivity index (χ2n) is 9.17. The van der Waals surface area contributed by atoms with E-state index in [9.17, 15) is 18.8 Å². The Balaban J connectivity index is 1.45. The molecular formula is C24H32FN3O4. The molecule has 1 aromatic carbocycles. The van der Waals surface area contributed by atoms with E-state index >= 15 is 0 Å². The van der Waals surface area contributed by atoms with Crippen LogP contribution in [0.2, 0.25) is 0 Å². The van der Waals surface area contributed by atoms with Gasteiger partial charge in [-0.05, 0) is 49.3 Å². The molecule has 0 bridgehead atoms. The van der Waals surface area contributed by atoms with E-state index in [1.54, 1.807) is 6.07 Å². The highest BCUT2D eigenvalue weighted by Gasteiger charge is 2.36. The minimum absolute atomic E-state index is 0.0411. The van der Waals surface area contributed by atoms with E-state index in [1.807, 2.05) is 0 Å².